The van der Waals surface area contributed by atoms with Crippen molar-refractivity contribution in [3.63, 3.8) is 0 Å². The van der Waals surface area contributed by atoms with E-state index in [9.17, 15) is 9.59 Å². The number of carbonyl (C=O) groups is 2. The van der Waals surface area contributed by atoms with Gasteiger partial charge >= 0.3 is 5.97 Å². The molecule has 2 bridgehead atoms. The predicted octanol–water partition coefficient (Wildman–Crippen LogP) is 2.73. The minimum absolute atomic E-state index is 0.0252. The Balaban J connectivity index is 2.37. The van der Waals surface area contributed by atoms with Crippen LogP contribution in [-0.2, 0) is 14.3 Å². The van der Waals surface area contributed by atoms with Crippen molar-refractivity contribution in [1.29, 1.82) is 0 Å². The van der Waals surface area contributed by atoms with E-state index in [2.05, 4.69) is 0 Å². The van der Waals surface area contributed by atoms with Crippen LogP contribution in [0.4, 0.5) is 0 Å². The largest absolute Gasteiger partial charge is 0.454 e. The first-order chi connectivity index (χ1) is 8.40. The molecule has 1 unspecified atom stereocenters. The number of hydrogen-bond acceptors (Lipinski definition) is 3. The Hall–Kier alpha value is -1.64. The summed E-state index contributed by atoms with van der Waals surface area (Å²) in [7, 11) is 0. The monoisotopic (exact) mass is 246 g/mol. The van der Waals surface area contributed by atoms with Crippen LogP contribution in [0.25, 0.3) is 0 Å². The minimum Gasteiger partial charge on any atom is -0.454 e. The highest BCUT2D eigenvalue weighted by atomic mass is 16.5. The maximum Gasteiger partial charge on any atom is 0.334 e. The summed E-state index contributed by atoms with van der Waals surface area (Å²) in [6.07, 6.45) is 8.24. The van der Waals surface area contributed by atoms with E-state index in [0.29, 0.717) is 12.8 Å². The van der Waals surface area contributed by atoms with Crippen LogP contribution in [0.5, 0.6) is 0 Å². The summed E-state index contributed by atoms with van der Waals surface area (Å²) in [5.74, 6) is -0.198. The summed E-state index contributed by atoms with van der Waals surface area (Å²) in [6, 6.07) is 0. The second-order valence-corrected chi connectivity index (χ2v) is 5.46. The van der Waals surface area contributed by atoms with Gasteiger partial charge in [-0.3, -0.25) is 4.79 Å². The summed E-state index contributed by atoms with van der Waals surface area (Å²) in [5, 5.41) is 0. The minimum atomic E-state index is -0.363. The van der Waals surface area contributed by atoms with Gasteiger partial charge < -0.3 is 4.74 Å². The average Bonchev–Trinajstić information content (AvgIpc) is 2.67. The molecule has 0 N–H and O–H groups in total. The number of fused-ring (bicyclic) bond motifs is 1. The normalized spacial score (nSPS) is 28.9. The standard InChI is InChI=1S/C15H18O3/c1-10-5-4-6-11-9-13(18-14(11)17)15(2,3)8-7-12(10)16/h5,7-9,13H,4,6H2,1-3H3/b8-7-,10-5?. The smallest absolute Gasteiger partial charge is 0.334 e. The van der Waals surface area contributed by atoms with Gasteiger partial charge in [0.1, 0.15) is 6.10 Å². The number of ether oxygens (including phenoxy) is 1. The van der Waals surface area contributed by atoms with Gasteiger partial charge in [-0.15, -0.1) is 0 Å². The lowest BCUT2D eigenvalue weighted by molar-refractivity contribution is -0.142. The highest BCUT2D eigenvalue weighted by Gasteiger charge is 2.35. The lowest BCUT2D eigenvalue weighted by Crippen LogP contribution is -2.27. The van der Waals surface area contributed by atoms with Gasteiger partial charge in [-0.25, -0.2) is 4.79 Å². The summed E-state index contributed by atoms with van der Waals surface area (Å²) < 4.78 is 5.36. The molecule has 0 aromatic rings. The molecule has 3 nitrogen and oxygen atoms in total. The molecular weight excluding hydrogens is 228 g/mol. The van der Waals surface area contributed by atoms with Crippen LogP contribution in [0.1, 0.15) is 33.6 Å². The number of carbonyl (C=O) groups excluding carboxylic acids is 2. The molecule has 0 amide bonds. The first kappa shape index (κ1) is 12.8. The van der Waals surface area contributed by atoms with Gasteiger partial charge in [-0.2, -0.15) is 0 Å². The Bertz CT molecular complexity index is 478. The van der Waals surface area contributed by atoms with E-state index in [4.69, 9.17) is 4.74 Å². The van der Waals surface area contributed by atoms with Crippen LogP contribution in [0.3, 0.4) is 0 Å². The number of hydrogen-bond donors (Lipinski definition) is 0. The van der Waals surface area contributed by atoms with Crippen molar-refractivity contribution >= 4 is 11.8 Å². The van der Waals surface area contributed by atoms with Crippen LogP contribution in [0.15, 0.2) is 35.5 Å². The van der Waals surface area contributed by atoms with Gasteiger partial charge in [0.05, 0.1) is 0 Å². The molecule has 18 heavy (non-hydrogen) atoms. The number of ketones is 1. The van der Waals surface area contributed by atoms with Crippen molar-refractivity contribution in [1.82, 2.24) is 0 Å². The maximum atomic E-state index is 11.8. The quantitative estimate of drug-likeness (QED) is 0.617. The van der Waals surface area contributed by atoms with Gasteiger partial charge in [0.25, 0.3) is 0 Å². The molecule has 96 valence electrons. The van der Waals surface area contributed by atoms with E-state index in [1.165, 1.54) is 0 Å². The summed E-state index contributed by atoms with van der Waals surface area (Å²) in [6.45, 7) is 5.73. The fourth-order valence-electron chi connectivity index (χ4n) is 2.09. The van der Waals surface area contributed by atoms with Crippen LogP contribution in [0.2, 0.25) is 0 Å². The number of allylic oxidation sites excluding steroid dienone is 3. The summed E-state index contributed by atoms with van der Waals surface area (Å²) >= 11 is 0. The lowest BCUT2D eigenvalue weighted by atomic mass is 9.85. The van der Waals surface area contributed by atoms with Crippen molar-refractivity contribution in [3.05, 3.63) is 35.5 Å². The fourth-order valence-corrected chi connectivity index (χ4v) is 2.09. The van der Waals surface area contributed by atoms with E-state index < -0.39 is 0 Å². The topological polar surface area (TPSA) is 43.4 Å². The molecule has 1 heterocycles. The molecular formula is C15H18O3. The van der Waals surface area contributed by atoms with E-state index in [-0.39, 0.29) is 23.3 Å². The van der Waals surface area contributed by atoms with Crippen molar-refractivity contribution in [2.45, 2.75) is 39.7 Å². The fraction of sp³-hybridized carbons (Fsp3) is 0.467. The van der Waals surface area contributed by atoms with Gasteiger partial charge in [0.15, 0.2) is 5.78 Å². The maximum absolute atomic E-state index is 11.8. The van der Waals surface area contributed by atoms with Gasteiger partial charge in [0, 0.05) is 11.0 Å². The third kappa shape index (κ3) is 2.45. The average molecular weight is 246 g/mol. The van der Waals surface area contributed by atoms with Gasteiger partial charge in [-0.1, -0.05) is 26.0 Å². The van der Waals surface area contributed by atoms with Crippen LogP contribution >= 0.6 is 0 Å². The molecule has 0 fully saturated rings. The number of esters is 1. The molecule has 2 aliphatic rings. The second kappa shape index (κ2) is 4.56. The van der Waals surface area contributed by atoms with Crippen LogP contribution < -0.4 is 0 Å². The van der Waals surface area contributed by atoms with Crippen molar-refractivity contribution in [2.75, 3.05) is 0 Å². The summed E-state index contributed by atoms with van der Waals surface area (Å²) in [5.41, 5.74) is 1.09. The first-order valence-corrected chi connectivity index (χ1v) is 6.22. The molecule has 0 aromatic carbocycles. The number of rotatable bonds is 0. The summed E-state index contributed by atoms with van der Waals surface area (Å²) in [4.78, 5) is 23.5. The van der Waals surface area contributed by atoms with E-state index in [1.54, 1.807) is 6.08 Å². The molecule has 0 radical (unpaired) electrons. The Morgan fingerprint density at radius 2 is 2.06 bits per heavy atom. The molecule has 3 heteroatoms. The molecule has 0 spiro atoms. The third-order valence-electron chi connectivity index (χ3n) is 3.50. The van der Waals surface area contributed by atoms with Gasteiger partial charge in [-0.05, 0) is 37.5 Å². The zero-order valence-electron chi connectivity index (χ0n) is 11.0. The molecule has 0 saturated carbocycles. The molecule has 0 aromatic heterocycles. The van der Waals surface area contributed by atoms with Crippen molar-refractivity contribution in [2.24, 2.45) is 5.41 Å². The van der Waals surface area contributed by atoms with Crippen LogP contribution in [-0.4, -0.2) is 17.9 Å². The van der Waals surface area contributed by atoms with Crippen molar-refractivity contribution in [3.8, 4) is 0 Å². The van der Waals surface area contributed by atoms with Crippen molar-refractivity contribution < 1.29 is 14.3 Å². The second-order valence-electron chi connectivity index (χ2n) is 5.46. The Kier molecular flexibility index (Phi) is 3.24. The van der Waals surface area contributed by atoms with E-state index >= 15 is 0 Å². The zero-order chi connectivity index (χ0) is 13.3. The molecule has 1 aliphatic heterocycles. The molecule has 1 atom stereocenters. The molecule has 1 aliphatic carbocycles. The lowest BCUT2D eigenvalue weighted by Gasteiger charge is -2.25. The van der Waals surface area contributed by atoms with Gasteiger partial charge in [0.2, 0.25) is 0 Å². The van der Waals surface area contributed by atoms with Crippen LogP contribution in [0, 0.1) is 5.41 Å². The molecule has 2 rings (SSSR count). The Morgan fingerprint density at radius 1 is 1.33 bits per heavy atom. The highest BCUT2D eigenvalue weighted by molar-refractivity contribution is 6.03. The Morgan fingerprint density at radius 3 is 2.78 bits per heavy atom. The molecule has 0 saturated heterocycles. The van der Waals surface area contributed by atoms with E-state index in [1.807, 2.05) is 39.0 Å². The highest BCUT2D eigenvalue weighted by Crippen LogP contribution is 2.33. The van der Waals surface area contributed by atoms with E-state index in [0.717, 1.165) is 11.1 Å². The Labute approximate surface area is 107 Å². The SMILES string of the molecule is CC1=CCCC2=CC(OC2=O)C(C)(C)/C=C\C1=O. The predicted molar refractivity (Wildman–Crippen MR) is 68.9 cm³/mol. The third-order valence-corrected chi connectivity index (χ3v) is 3.50. The zero-order valence-corrected chi connectivity index (χ0v) is 11.0. The first-order valence-electron chi connectivity index (χ1n) is 6.22.